The topological polar surface area (TPSA) is 147 Å². The third-order valence-electron chi connectivity index (χ3n) is 5.31. The number of methoxy groups -OCH3 is 1. The second-order valence-corrected chi connectivity index (χ2v) is 7.13. The summed E-state index contributed by atoms with van der Waals surface area (Å²) in [4.78, 5) is 49.6. The summed E-state index contributed by atoms with van der Waals surface area (Å²) in [5.74, 6) is -8.75. The standard InChI is InChI=1S/C20H34O9/c1-5-8-11-19(17(24)25,12-9-6-2)20(28-4,18(26)27)14(15(21)22)16(23)29-13-10-7-3/h14H,5-13H2,1-4H3,(H,21,22)(H,24,25)(H,26,27). The molecule has 0 rings (SSSR count). The van der Waals surface area contributed by atoms with Crippen LogP contribution in [0.15, 0.2) is 0 Å². The predicted molar refractivity (Wildman–Crippen MR) is 103 cm³/mol. The fourth-order valence-electron chi connectivity index (χ4n) is 3.67. The zero-order chi connectivity index (χ0) is 22.7. The number of esters is 1. The molecule has 0 saturated heterocycles. The van der Waals surface area contributed by atoms with Crippen LogP contribution in [0.4, 0.5) is 0 Å². The van der Waals surface area contributed by atoms with Gasteiger partial charge < -0.3 is 24.8 Å². The molecule has 0 radical (unpaired) electrons. The van der Waals surface area contributed by atoms with Crippen molar-refractivity contribution in [3.63, 3.8) is 0 Å². The molecule has 0 heterocycles. The Morgan fingerprint density at radius 1 is 0.828 bits per heavy atom. The first-order valence-electron chi connectivity index (χ1n) is 10.0. The summed E-state index contributed by atoms with van der Waals surface area (Å²) < 4.78 is 10.2. The average molecular weight is 418 g/mol. The first kappa shape index (κ1) is 26.8. The number of carboxylic acids is 3. The minimum absolute atomic E-state index is 0.0947. The third kappa shape index (κ3) is 5.68. The Balaban J connectivity index is 6.73. The lowest BCUT2D eigenvalue weighted by Crippen LogP contribution is -2.67. The Hall–Kier alpha value is -2.16. The summed E-state index contributed by atoms with van der Waals surface area (Å²) >= 11 is 0. The molecule has 0 saturated carbocycles. The summed E-state index contributed by atoms with van der Waals surface area (Å²) in [6.07, 6.45) is 2.60. The molecule has 3 N–H and O–H groups in total. The Labute approximate surface area is 171 Å². The lowest BCUT2D eigenvalue weighted by atomic mass is 9.60. The van der Waals surface area contributed by atoms with Gasteiger partial charge in [-0.25, -0.2) is 4.79 Å². The molecule has 0 aromatic heterocycles. The quantitative estimate of drug-likeness (QED) is 0.195. The molecular formula is C20H34O9. The van der Waals surface area contributed by atoms with Gasteiger partial charge in [0.1, 0.15) is 5.41 Å². The Morgan fingerprint density at radius 3 is 1.62 bits per heavy atom. The molecule has 168 valence electrons. The number of carboxylic acid groups (broad SMARTS) is 3. The molecule has 0 aliphatic rings. The summed E-state index contributed by atoms with van der Waals surface area (Å²) in [5.41, 5.74) is -4.94. The van der Waals surface area contributed by atoms with Gasteiger partial charge in [0.25, 0.3) is 0 Å². The summed E-state index contributed by atoms with van der Waals surface area (Å²) in [6, 6.07) is 0. The van der Waals surface area contributed by atoms with Crippen molar-refractivity contribution in [1.29, 1.82) is 0 Å². The minimum atomic E-state index is -2.82. The molecule has 0 aliphatic carbocycles. The average Bonchev–Trinajstić information content (AvgIpc) is 2.65. The van der Waals surface area contributed by atoms with E-state index in [1.54, 1.807) is 13.8 Å². The molecule has 9 heteroatoms. The molecular weight excluding hydrogens is 384 g/mol. The van der Waals surface area contributed by atoms with E-state index in [2.05, 4.69) is 0 Å². The summed E-state index contributed by atoms with van der Waals surface area (Å²) in [6.45, 7) is 5.34. The molecule has 0 aromatic rings. The van der Waals surface area contributed by atoms with Crippen LogP contribution in [0.5, 0.6) is 0 Å². The van der Waals surface area contributed by atoms with E-state index in [1.807, 2.05) is 6.92 Å². The van der Waals surface area contributed by atoms with Crippen molar-refractivity contribution in [3.8, 4) is 0 Å². The zero-order valence-electron chi connectivity index (χ0n) is 17.7. The molecule has 2 atom stereocenters. The number of hydrogen-bond acceptors (Lipinski definition) is 6. The maximum absolute atomic E-state index is 12.6. The van der Waals surface area contributed by atoms with E-state index in [4.69, 9.17) is 9.47 Å². The predicted octanol–water partition coefficient (Wildman–Crippen LogP) is 2.95. The van der Waals surface area contributed by atoms with Gasteiger partial charge >= 0.3 is 23.9 Å². The van der Waals surface area contributed by atoms with Crippen molar-refractivity contribution >= 4 is 23.9 Å². The second-order valence-electron chi connectivity index (χ2n) is 7.13. The van der Waals surface area contributed by atoms with Crippen molar-refractivity contribution in [2.75, 3.05) is 13.7 Å². The normalized spacial score (nSPS) is 14.6. The van der Waals surface area contributed by atoms with Gasteiger partial charge in [0.05, 0.1) is 6.61 Å². The number of rotatable bonds is 16. The second kappa shape index (κ2) is 12.4. The molecule has 29 heavy (non-hydrogen) atoms. The monoisotopic (exact) mass is 418 g/mol. The van der Waals surface area contributed by atoms with Crippen LogP contribution in [0.2, 0.25) is 0 Å². The molecule has 0 aromatic carbocycles. The fourth-order valence-corrected chi connectivity index (χ4v) is 3.67. The molecule has 2 unspecified atom stereocenters. The van der Waals surface area contributed by atoms with Crippen LogP contribution < -0.4 is 0 Å². The van der Waals surface area contributed by atoms with E-state index in [9.17, 15) is 34.5 Å². The molecule has 0 amide bonds. The van der Waals surface area contributed by atoms with Crippen LogP contribution in [-0.4, -0.2) is 58.5 Å². The van der Waals surface area contributed by atoms with Crippen molar-refractivity contribution in [2.24, 2.45) is 11.3 Å². The minimum Gasteiger partial charge on any atom is -0.481 e. The SMILES string of the molecule is CCCCOC(=O)C(C(=O)O)C(OC)(C(=O)O)C(CCCC)(CCCC)C(=O)O. The van der Waals surface area contributed by atoms with E-state index < -0.39 is 40.8 Å². The third-order valence-corrected chi connectivity index (χ3v) is 5.31. The number of unbranched alkanes of at least 4 members (excludes halogenated alkanes) is 3. The maximum Gasteiger partial charge on any atom is 0.338 e. The first-order valence-corrected chi connectivity index (χ1v) is 10.0. The van der Waals surface area contributed by atoms with E-state index in [1.165, 1.54) is 0 Å². The van der Waals surface area contributed by atoms with E-state index in [0.717, 1.165) is 7.11 Å². The van der Waals surface area contributed by atoms with Crippen LogP contribution in [0.1, 0.15) is 72.1 Å². The Bertz CT molecular complexity index is 564. The highest BCUT2D eigenvalue weighted by Crippen LogP contribution is 2.49. The lowest BCUT2D eigenvalue weighted by molar-refractivity contribution is -0.218. The van der Waals surface area contributed by atoms with Gasteiger partial charge in [0.2, 0.25) is 5.60 Å². The zero-order valence-corrected chi connectivity index (χ0v) is 17.7. The maximum atomic E-state index is 12.6. The smallest absolute Gasteiger partial charge is 0.338 e. The number of aliphatic carboxylic acids is 3. The van der Waals surface area contributed by atoms with Crippen LogP contribution >= 0.6 is 0 Å². The van der Waals surface area contributed by atoms with E-state index >= 15 is 0 Å². The van der Waals surface area contributed by atoms with Crippen LogP contribution in [-0.2, 0) is 28.7 Å². The lowest BCUT2D eigenvalue weighted by Gasteiger charge is -2.46. The van der Waals surface area contributed by atoms with Gasteiger partial charge in [-0.15, -0.1) is 0 Å². The van der Waals surface area contributed by atoms with Gasteiger partial charge in [0.15, 0.2) is 5.92 Å². The van der Waals surface area contributed by atoms with Crippen molar-refractivity contribution in [1.82, 2.24) is 0 Å². The highest BCUT2D eigenvalue weighted by molar-refractivity contribution is 6.04. The highest BCUT2D eigenvalue weighted by Gasteiger charge is 2.69. The van der Waals surface area contributed by atoms with E-state index in [0.29, 0.717) is 38.5 Å². The molecule has 0 aliphatic heterocycles. The first-order chi connectivity index (χ1) is 13.6. The van der Waals surface area contributed by atoms with Gasteiger partial charge in [-0.3, -0.25) is 14.4 Å². The molecule has 0 bridgehead atoms. The highest BCUT2D eigenvalue weighted by atomic mass is 16.6. The van der Waals surface area contributed by atoms with Crippen LogP contribution in [0.3, 0.4) is 0 Å². The van der Waals surface area contributed by atoms with Crippen LogP contribution in [0.25, 0.3) is 0 Å². The van der Waals surface area contributed by atoms with Crippen molar-refractivity contribution in [2.45, 2.75) is 77.7 Å². The largest absolute Gasteiger partial charge is 0.481 e. The number of hydrogen-bond donors (Lipinski definition) is 3. The van der Waals surface area contributed by atoms with Gasteiger partial charge in [-0.2, -0.15) is 0 Å². The van der Waals surface area contributed by atoms with Crippen molar-refractivity contribution in [3.05, 3.63) is 0 Å². The van der Waals surface area contributed by atoms with Crippen molar-refractivity contribution < 1.29 is 44.0 Å². The van der Waals surface area contributed by atoms with Gasteiger partial charge in [-0.05, 0) is 19.3 Å². The Kier molecular flexibility index (Phi) is 11.5. The van der Waals surface area contributed by atoms with E-state index in [-0.39, 0.29) is 19.4 Å². The molecule has 0 fully saturated rings. The molecule has 9 nitrogen and oxygen atoms in total. The Morgan fingerprint density at radius 2 is 1.31 bits per heavy atom. The van der Waals surface area contributed by atoms with Crippen LogP contribution in [0, 0.1) is 11.3 Å². The summed E-state index contributed by atoms with van der Waals surface area (Å²) in [7, 11) is 0.930. The van der Waals surface area contributed by atoms with Gasteiger partial charge in [0, 0.05) is 7.11 Å². The number of ether oxygens (including phenoxy) is 2. The van der Waals surface area contributed by atoms with Gasteiger partial charge in [-0.1, -0.05) is 52.9 Å². The summed E-state index contributed by atoms with van der Waals surface area (Å²) in [5, 5.41) is 30.0. The number of carbonyl (C=O) groups is 4. The fraction of sp³-hybridized carbons (Fsp3) is 0.800. The molecule has 0 spiro atoms. The number of carbonyl (C=O) groups excluding carboxylic acids is 1.